The van der Waals surface area contributed by atoms with Gasteiger partial charge < -0.3 is 44.2 Å². The number of unbranched alkanes of at least 4 members (excludes halogenated alkanes) is 1. The predicted molar refractivity (Wildman–Crippen MR) is 195 cm³/mol. The second kappa shape index (κ2) is 24.9. The van der Waals surface area contributed by atoms with Crippen LogP contribution in [-0.4, -0.2) is 79.3 Å². The van der Waals surface area contributed by atoms with E-state index < -0.39 is 47.8 Å². The maximum Gasteiger partial charge on any atom is 0.243 e. The molecule has 0 heterocycles. The minimum Gasteiger partial charge on any atom is -0.370 e. The molecule has 51 heavy (non-hydrogen) atoms. The number of azide groups is 1. The number of hydrogen-bond acceptors (Lipinski definition) is 8. The van der Waals surface area contributed by atoms with Gasteiger partial charge in [0.2, 0.25) is 29.5 Å². The summed E-state index contributed by atoms with van der Waals surface area (Å²) in [6, 6.07) is -3.84. The van der Waals surface area contributed by atoms with E-state index in [4.69, 9.17) is 28.5 Å². The van der Waals surface area contributed by atoms with Crippen LogP contribution in [0.15, 0.2) is 10.1 Å². The molecular formula is C34H62N12O5. The van der Waals surface area contributed by atoms with Crippen molar-refractivity contribution in [1.82, 2.24) is 21.3 Å². The highest BCUT2D eigenvalue weighted by Gasteiger charge is 2.33. The zero-order valence-electron chi connectivity index (χ0n) is 30.2. The van der Waals surface area contributed by atoms with Gasteiger partial charge in [-0.05, 0) is 75.3 Å². The summed E-state index contributed by atoms with van der Waals surface area (Å²) in [7, 11) is 0. The first-order chi connectivity index (χ1) is 24.5. The molecule has 0 aromatic heterocycles. The molecule has 0 aliphatic heterocycles. The molecule has 288 valence electrons. The summed E-state index contributed by atoms with van der Waals surface area (Å²) >= 11 is 0. The van der Waals surface area contributed by atoms with E-state index in [9.17, 15) is 24.0 Å². The molecular weight excluding hydrogens is 656 g/mol. The lowest BCUT2D eigenvalue weighted by atomic mass is 9.84. The van der Waals surface area contributed by atoms with Crippen molar-refractivity contribution < 1.29 is 24.0 Å². The molecule has 0 bridgehead atoms. The molecule has 17 heteroatoms. The molecule has 12 N–H and O–H groups in total. The number of aliphatic imine (C=N–C) groups is 1. The molecule has 0 aromatic carbocycles. The van der Waals surface area contributed by atoms with Crippen LogP contribution in [0.1, 0.15) is 122 Å². The van der Waals surface area contributed by atoms with E-state index in [2.05, 4.69) is 36.3 Å². The topological polar surface area (TPSA) is 299 Å². The number of amides is 5. The van der Waals surface area contributed by atoms with Crippen molar-refractivity contribution in [1.29, 1.82) is 0 Å². The molecule has 2 fully saturated rings. The highest BCUT2D eigenvalue weighted by atomic mass is 16.2. The van der Waals surface area contributed by atoms with E-state index >= 15 is 0 Å². The summed E-state index contributed by atoms with van der Waals surface area (Å²) < 4.78 is 0. The van der Waals surface area contributed by atoms with Crippen LogP contribution in [0.4, 0.5) is 0 Å². The van der Waals surface area contributed by atoms with Gasteiger partial charge >= 0.3 is 0 Å². The van der Waals surface area contributed by atoms with Gasteiger partial charge in [-0.3, -0.25) is 29.0 Å². The molecule has 2 aliphatic carbocycles. The average molecular weight is 719 g/mol. The van der Waals surface area contributed by atoms with E-state index in [1.165, 1.54) is 0 Å². The smallest absolute Gasteiger partial charge is 0.243 e. The highest BCUT2D eigenvalue weighted by molar-refractivity contribution is 5.95. The van der Waals surface area contributed by atoms with Crippen molar-refractivity contribution in [2.75, 3.05) is 19.6 Å². The third-order valence-corrected chi connectivity index (χ3v) is 9.78. The number of primary amides is 1. The quantitative estimate of drug-likeness (QED) is 0.0181. The number of nitrogens with zero attached hydrogens (tertiary/aromatic N) is 4. The predicted octanol–water partition coefficient (Wildman–Crippen LogP) is 1.62. The summed E-state index contributed by atoms with van der Waals surface area (Å²) in [4.78, 5) is 73.4. The first-order valence-electron chi connectivity index (χ1n) is 18.8. The van der Waals surface area contributed by atoms with Gasteiger partial charge in [-0.25, -0.2) is 0 Å². The Morgan fingerprint density at radius 1 is 0.647 bits per heavy atom. The molecule has 2 rings (SSSR count). The highest BCUT2D eigenvalue weighted by Crippen LogP contribution is 2.29. The minimum absolute atomic E-state index is 0.0758. The Bertz CT molecular complexity index is 1180. The summed E-state index contributed by atoms with van der Waals surface area (Å²) in [5.41, 5.74) is 30.8. The Morgan fingerprint density at radius 2 is 1.16 bits per heavy atom. The van der Waals surface area contributed by atoms with Crippen LogP contribution >= 0.6 is 0 Å². The van der Waals surface area contributed by atoms with E-state index in [1.807, 2.05) is 0 Å². The van der Waals surface area contributed by atoms with Crippen LogP contribution in [0, 0.1) is 11.8 Å². The molecule has 4 atom stereocenters. The largest absolute Gasteiger partial charge is 0.370 e. The molecule has 0 radical (unpaired) electrons. The molecule has 2 saturated carbocycles. The molecule has 5 amide bonds. The van der Waals surface area contributed by atoms with Gasteiger partial charge in [0, 0.05) is 24.4 Å². The summed E-state index contributed by atoms with van der Waals surface area (Å²) in [5, 5.41) is 14.8. The lowest BCUT2D eigenvalue weighted by Gasteiger charge is -2.30. The van der Waals surface area contributed by atoms with E-state index in [-0.39, 0.29) is 49.6 Å². The number of rotatable bonds is 24. The third-order valence-electron chi connectivity index (χ3n) is 9.78. The Kier molecular flexibility index (Phi) is 21.1. The molecule has 4 unspecified atom stereocenters. The van der Waals surface area contributed by atoms with Gasteiger partial charge in [-0.2, -0.15) is 0 Å². The normalized spacial score (nSPS) is 17.4. The molecule has 0 aromatic rings. The van der Waals surface area contributed by atoms with Gasteiger partial charge in [-0.15, -0.1) is 0 Å². The van der Waals surface area contributed by atoms with Crippen LogP contribution in [0.5, 0.6) is 0 Å². The second-order valence-corrected chi connectivity index (χ2v) is 14.0. The van der Waals surface area contributed by atoms with Crippen LogP contribution in [0.3, 0.4) is 0 Å². The van der Waals surface area contributed by atoms with Crippen molar-refractivity contribution in [2.45, 2.75) is 146 Å². The molecule has 2 aliphatic rings. The monoisotopic (exact) mass is 718 g/mol. The van der Waals surface area contributed by atoms with Crippen molar-refractivity contribution >= 4 is 35.5 Å². The van der Waals surface area contributed by atoms with Crippen LogP contribution in [-0.2, 0) is 24.0 Å². The Hall–Kier alpha value is -4.11. The van der Waals surface area contributed by atoms with E-state index in [1.54, 1.807) is 0 Å². The Morgan fingerprint density at radius 3 is 1.69 bits per heavy atom. The second-order valence-electron chi connectivity index (χ2n) is 14.0. The number of hydrogen-bond donors (Lipinski definition) is 8. The number of nitrogens with two attached hydrogens (primary N) is 4. The van der Waals surface area contributed by atoms with E-state index in [0.29, 0.717) is 51.5 Å². The third kappa shape index (κ3) is 18.1. The molecule has 17 nitrogen and oxygen atoms in total. The number of carbonyl (C=O) groups is 5. The standard InChI is InChI=1S/C34H62N12O5/c35-18-8-7-15-25(30(36)48)43-33(51)28(22-24-13-5-2-6-14-24)45-31(49)26(16-9-19-40-34(37)38)44-32(50)27(21-23-11-3-1-4-12-23)42-29(47)17-10-20-41-46-39/h23-28H,1-22,35H2,(H2,36,48)(H,42,47)(H,43,51)(H,44,50)(H,45,49)(H4,37,38,40). The zero-order chi connectivity index (χ0) is 37.4. The van der Waals surface area contributed by atoms with Gasteiger partial charge in [-0.1, -0.05) is 69.3 Å². The fourth-order valence-electron chi connectivity index (χ4n) is 6.96. The van der Waals surface area contributed by atoms with Crippen molar-refractivity contribution in [3.63, 3.8) is 0 Å². The molecule has 0 saturated heterocycles. The first-order valence-corrected chi connectivity index (χ1v) is 18.8. The summed E-state index contributed by atoms with van der Waals surface area (Å²) in [6.45, 7) is 0.814. The molecule has 0 spiro atoms. The summed E-state index contributed by atoms with van der Waals surface area (Å²) in [6.07, 6.45) is 13.4. The van der Waals surface area contributed by atoms with Gasteiger partial charge in [0.05, 0.1) is 0 Å². The minimum atomic E-state index is -1.07. The fraction of sp³-hybridized carbons (Fsp3) is 0.824. The van der Waals surface area contributed by atoms with Crippen molar-refractivity contribution in [2.24, 2.45) is 44.9 Å². The maximum atomic E-state index is 14.0. The van der Waals surface area contributed by atoms with Crippen LogP contribution < -0.4 is 44.2 Å². The first kappa shape index (κ1) is 43.1. The number of nitrogens with one attached hydrogen (secondary N) is 4. The van der Waals surface area contributed by atoms with Gasteiger partial charge in [0.15, 0.2) is 5.96 Å². The van der Waals surface area contributed by atoms with Gasteiger partial charge in [0.25, 0.3) is 0 Å². The van der Waals surface area contributed by atoms with Gasteiger partial charge in [0.1, 0.15) is 24.2 Å². The zero-order valence-corrected chi connectivity index (χ0v) is 30.2. The number of guanidine groups is 1. The maximum absolute atomic E-state index is 14.0. The van der Waals surface area contributed by atoms with Crippen molar-refractivity contribution in [3.05, 3.63) is 10.4 Å². The van der Waals surface area contributed by atoms with Crippen LogP contribution in [0.25, 0.3) is 10.4 Å². The Labute approximate surface area is 301 Å². The Balaban J connectivity index is 2.28. The SMILES string of the molecule is [N-]=[N+]=NCCCC(=O)NC(CC1CCCCC1)C(=O)NC(CCCN=C(N)N)C(=O)NC(CC1CCCCC1)C(=O)NC(CCCCN)C(N)=O. The lowest BCUT2D eigenvalue weighted by Crippen LogP contribution is -2.58. The number of carbonyl (C=O) groups excluding carboxylic acids is 5. The van der Waals surface area contributed by atoms with E-state index in [0.717, 1.165) is 64.2 Å². The summed E-state index contributed by atoms with van der Waals surface area (Å²) in [5.74, 6) is -2.28. The lowest BCUT2D eigenvalue weighted by molar-refractivity contribution is -0.135. The van der Waals surface area contributed by atoms with Crippen LogP contribution in [0.2, 0.25) is 0 Å². The fourth-order valence-corrected chi connectivity index (χ4v) is 6.96. The average Bonchev–Trinajstić information content (AvgIpc) is 3.11. The van der Waals surface area contributed by atoms with Crippen molar-refractivity contribution in [3.8, 4) is 0 Å².